The lowest BCUT2D eigenvalue weighted by atomic mass is 9.94. The fourth-order valence-corrected chi connectivity index (χ4v) is 3.22. The lowest BCUT2D eigenvalue weighted by Gasteiger charge is -2.28. The van der Waals surface area contributed by atoms with E-state index in [4.69, 9.17) is 4.74 Å². The predicted molar refractivity (Wildman–Crippen MR) is 85.8 cm³/mol. The molecule has 0 amide bonds. The van der Waals surface area contributed by atoms with Gasteiger partial charge in [-0.25, -0.2) is 9.67 Å². The third-order valence-electron chi connectivity index (χ3n) is 4.18. The van der Waals surface area contributed by atoms with Crippen LogP contribution in [-0.2, 0) is 11.3 Å². The molecule has 1 N–H and O–H groups in total. The van der Waals surface area contributed by atoms with Gasteiger partial charge in [0.1, 0.15) is 0 Å². The van der Waals surface area contributed by atoms with Gasteiger partial charge in [0.25, 0.3) is 0 Å². The summed E-state index contributed by atoms with van der Waals surface area (Å²) in [6.07, 6.45) is 6.49. The van der Waals surface area contributed by atoms with Crippen molar-refractivity contribution in [3.63, 3.8) is 0 Å². The smallest absolute Gasteiger partial charge is 0.153 e. The first kappa shape index (κ1) is 15.2. The summed E-state index contributed by atoms with van der Waals surface area (Å²) in [5, 5.41) is 7.85. The molecule has 1 atom stereocenters. The average Bonchev–Trinajstić information content (AvgIpc) is 3.02. The maximum Gasteiger partial charge on any atom is 0.153 e. The van der Waals surface area contributed by atoms with E-state index in [1.54, 1.807) is 10.9 Å². The van der Waals surface area contributed by atoms with E-state index < -0.39 is 0 Å². The Morgan fingerprint density at radius 1 is 1.32 bits per heavy atom. The molecule has 5 heteroatoms. The van der Waals surface area contributed by atoms with Crippen LogP contribution in [0.3, 0.4) is 0 Å². The van der Waals surface area contributed by atoms with Crippen molar-refractivity contribution in [2.45, 2.75) is 57.9 Å². The van der Waals surface area contributed by atoms with Gasteiger partial charge in [0.2, 0.25) is 0 Å². The normalized spacial score (nSPS) is 22.8. The number of rotatable bonds is 4. The van der Waals surface area contributed by atoms with Crippen molar-refractivity contribution < 1.29 is 4.74 Å². The van der Waals surface area contributed by atoms with Crippen molar-refractivity contribution in [3.05, 3.63) is 42.4 Å². The maximum atomic E-state index is 6.13. The molecule has 1 fully saturated rings. The lowest BCUT2D eigenvalue weighted by molar-refractivity contribution is -0.0699. The van der Waals surface area contributed by atoms with E-state index >= 15 is 0 Å². The first-order valence-corrected chi connectivity index (χ1v) is 7.74. The van der Waals surface area contributed by atoms with Crippen LogP contribution < -0.4 is 5.32 Å². The minimum Gasteiger partial charge on any atom is -0.368 e. The lowest BCUT2D eigenvalue weighted by Crippen LogP contribution is -2.42. The molecule has 0 unspecified atom stereocenters. The fourth-order valence-electron chi connectivity index (χ4n) is 3.22. The van der Waals surface area contributed by atoms with Gasteiger partial charge in [0.15, 0.2) is 5.82 Å². The Morgan fingerprint density at radius 3 is 2.77 bits per heavy atom. The summed E-state index contributed by atoms with van der Waals surface area (Å²) in [6.45, 7) is 9.41. The first-order chi connectivity index (χ1) is 10.4. The summed E-state index contributed by atoms with van der Waals surface area (Å²) >= 11 is 0. The molecule has 1 saturated heterocycles. The van der Waals surface area contributed by atoms with Crippen molar-refractivity contribution in [1.29, 1.82) is 0 Å². The summed E-state index contributed by atoms with van der Waals surface area (Å²) < 4.78 is 7.90. The summed E-state index contributed by atoms with van der Waals surface area (Å²) in [5.74, 6) is 0.839. The fraction of sp³-hybridized carbons (Fsp3) is 0.529. The number of pyridine rings is 1. The average molecular weight is 300 g/mol. The number of hydrogen-bond donors (Lipinski definition) is 1. The molecule has 3 heterocycles. The van der Waals surface area contributed by atoms with E-state index in [1.807, 2.05) is 24.5 Å². The number of hydrogen-bond acceptors (Lipinski definition) is 4. The summed E-state index contributed by atoms with van der Waals surface area (Å²) in [6, 6.07) is 6.33. The molecule has 0 bridgehead atoms. The zero-order valence-electron chi connectivity index (χ0n) is 13.7. The largest absolute Gasteiger partial charge is 0.368 e. The monoisotopic (exact) mass is 300 g/mol. The highest BCUT2D eigenvalue weighted by atomic mass is 16.5. The minimum absolute atomic E-state index is 0.0698. The van der Waals surface area contributed by atoms with Crippen molar-refractivity contribution in [3.8, 4) is 5.82 Å². The number of ether oxygens (including phenoxy) is 1. The zero-order chi connectivity index (χ0) is 15.8. The van der Waals surface area contributed by atoms with E-state index in [9.17, 15) is 0 Å². The van der Waals surface area contributed by atoms with Gasteiger partial charge in [-0.15, -0.1) is 0 Å². The van der Waals surface area contributed by atoms with Crippen LogP contribution in [0.2, 0.25) is 0 Å². The molecule has 0 aromatic carbocycles. The Hall–Kier alpha value is -1.72. The van der Waals surface area contributed by atoms with Crippen molar-refractivity contribution in [2.24, 2.45) is 0 Å². The molecule has 118 valence electrons. The van der Waals surface area contributed by atoms with Crippen LogP contribution in [0.15, 0.2) is 36.8 Å². The Morgan fingerprint density at radius 2 is 2.14 bits per heavy atom. The quantitative estimate of drug-likeness (QED) is 0.943. The van der Waals surface area contributed by atoms with Crippen LogP contribution in [0.25, 0.3) is 5.82 Å². The molecule has 22 heavy (non-hydrogen) atoms. The van der Waals surface area contributed by atoms with E-state index in [-0.39, 0.29) is 11.2 Å². The maximum absolute atomic E-state index is 6.13. The van der Waals surface area contributed by atoms with E-state index in [0.717, 1.165) is 18.8 Å². The van der Waals surface area contributed by atoms with Crippen molar-refractivity contribution in [2.75, 3.05) is 0 Å². The molecule has 0 radical (unpaired) electrons. The Bertz CT molecular complexity index is 634. The highest BCUT2D eigenvalue weighted by Crippen LogP contribution is 2.37. The second-order valence-corrected chi connectivity index (χ2v) is 7.08. The minimum atomic E-state index is -0.151. The van der Waals surface area contributed by atoms with Gasteiger partial charge >= 0.3 is 0 Å². The number of aromatic nitrogens is 3. The van der Waals surface area contributed by atoms with Crippen LogP contribution in [0, 0.1) is 0 Å². The van der Waals surface area contributed by atoms with E-state index in [2.05, 4.69) is 49.2 Å². The zero-order valence-corrected chi connectivity index (χ0v) is 13.7. The highest BCUT2D eigenvalue weighted by Gasteiger charge is 2.45. The second-order valence-electron chi connectivity index (χ2n) is 7.08. The number of nitrogens with zero attached hydrogens (tertiary/aromatic N) is 3. The van der Waals surface area contributed by atoms with Crippen LogP contribution in [0.1, 0.15) is 39.7 Å². The third-order valence-corrected chi connectivity index (χ3v) is 4.18. The molecular formula is C17H24N4O. The summed E-state index contributed by atoms with van der Waals surface area (Å²) in [5.41, 5.74) is 0.974. The summed E-state index contributed by atoms with van der Waals surface area (Å²) in [4.78, 5) is 4.36. The third kappa shape index (κ3) is 3.20. The predicted octanol–water partition coefficient (Wildman–Crippen LogP) is 2.70. The Balaban J connectivity index is 1.68. The van der Waals surface area contributed by atoms with Crippen LogP contribution in [0.4, 0.5) is 0 Å². The molecule has 0 spiro atoms. The van der Waals surface area contributed by atoms with Gasteiger partial charge in [0, 0.05) is 31.2 Å². The molecule has 0 aliphatic carbocycles. The molecule has 2 aromatic heterocycles. The highest BCUT2D eigenvalue weighted by molar-refractivity contribution is 5.27. The molecule has 3 rings (SSSR count). The van der Waals surface area contributed by atoms with Gasteiger partial charge < -0.3 is 10.1 Å². The molecule has 1 aliphatic rings. The second kappa shape index (κ2) is 5.48. The van der Waals surface area contributed by atoms with Crippen molar-refractivity contribution in [1.82, 2.24) is 20.1 Å². The van der Waals surface area contributed by atoms with Gasteiger partial charge in [-0.2, -0.15) is 5.10 Å². The van der Waals surface area contributed by atoms with E-state index in [1.165, 1.54) is 5.56 Å². The van der Waals surface area contributed by atoms with Gasteiger partial charge in [-0.05, 0) is 57.9 Å². The summed E-state index contributed by atoms with van der Waals surface area (Å²) in [7, 11) is 0. The first-order valence-electron chi connectivity index (χ1n) is 7.74. The molecule has 2 aromatic rings. The standard InChI is InChI=1S/C17H24N4O/c1-16(2)11-14(17(3,4)22-16)19-12-13-6-8-18-15(10-13)21-9-5-7-20-21/h5-10,14,19H,11-12H2,1-4H3/t14-/m1/s1. The van der Waals surface area contributed by atoms with Crippen LogP contribution in [-0.4, -0.2) is 32.0 Å². The van der Waals surface area contributed by atoms with Crippen LogP contribution >= 0.6 is 0 Å². The van der Waals surface area contributed by atoms with Crippen molar-refractivity contribution >= 4 is 0 Å². The van der Waals surface area contributed by atoms with Gasteiger partial charge in [-0.1, -0.05) is 0 Å². The molecule has 5 nitrogen and oxygen atoms in total. The van der Waals surface area contributed by atoms with Gasteiger partial charge in [0.05, 0.1) is 11.2 Å². The number of nitrogens with one attached hydrogen (secondary N) is 1. The Labute approximate surface area is 131 Å². The molecular weight excluding hydrogens is 276 g/mol. The Kier molecular flexibility index (Phi) is 3.78. The molecule has 0 saturated carbocycles. The van der Waals surface area contributed by atoms with E-state index in [0.29, 0.717) is 6.04 Å². The topological polar surface area (TPSA) is 52.0 Å². The van der Waals surface area contributed by atoms with Crippen LogP contribution in [0.5, 0.6) is 0 Å². The molecule has 1 aliphatic heterocycles. The van der Waals surface area contributed by atoms with Gasteiger partial charge in [-0.3, -0.25) is 0 Å². The SMILES string of the molecule is CC1(C)C[C@@H](NCc2ccnc(-n3cccn3)c2)C(C)(C)O1.